The molecule has 0 saturated heterocycles. The van der Waals surface area contributed by atoms with Gasteiger partial charge in [-0.15, -0.1) is 22.7 Å². The van der Waals surface area contributed by atoms with E-state index in [2.05, 4.69) is 28.1 Å². The van der Waals surface area contributed by atoms with Gasteiger partial charge in [0.15, 0.2) is 0 Å². The molecule has 5 rings (SSSR count). The number of carbonyl (C=O) groups excluding carboxylic acids is 3. The highest BCUT2D eigenvalue weighted by Crippen LogP contribution is 2.41. The molecule has 8 heteroatoms. The predicted octanol–water partition coefficient (Wildman–Crippen LogP) is 5.36. The number of hydrogen-bond donors (Lipinski definition) is 2. The average molecular weight is 508 g/mol. The Kier molecular flexibility index (Phi) is 7.02. The van der Waals surface area contributed by atoms with Crippen LogP contribution in [-0.2, 0) is 21.4 Å². The molecule has 182 valence electrons. The van der Waals surface area contributed by atoms with Crippen LogP contribution in [0.3, 0.4) is 0 Å². The van der Waals surface area contributed by atoms with Gasteiger partial charge in [-0.1, -0.05) is 31.4 Å². The van der Waals surface area contributed by atoms with Crippen molar-refractivity contribution in [1.82, 2.24) is 5.32 Å². The Hall–Kier alpha value is -2.97. The number of nitrogens with one attached hydrogen (secondary N) is 2. The number of hydrogen-bond acceptors (Lipinski definition) is 5. The molecule has 1 aliphatic heterocycles. The highest BCUT2D eigenvalue weighted by atomic mass is 32.1. The predicted molar refractivity (Wildman–Crippen MR) is 141 cm³/mol. The minimum atomic E-state index is -0.663. The van der Waals surface area contributed by atoms with Gasteiger partial charge < -0.3 is 15.5 Å². The van der Waals surface area contributed by atoms with Crippen molar-refractivity contribution in [2.45, 2.75) is 50.4 Å². The van der Waals surface area contributed by atoms with E-state index in [0.29, 0.717) is 23.7 Å². The summed E-state index contributed by atoms with van der Waals surface area (Å²) in [6.45, 7) is 1.15. The summed E-state index contributed by atoms with van der Waals surface area (Å²) in [6, 6.07) is 13.4. The van der Waals surface area contributed by atoms with Gasteiger partial charge in [-0.25, -0.2) is 0 Å². The van der Waals surface area contributed by atoms with Crippen molar-refractivity contribution in [3.05, 3.63) is 68.5 Å². The van der Waals surface area contributed by atoms with Crippen LogP contribution in [0.2, 0.25) is 0 Å². The number of nitrogens with zero attached hydrogens (tertiary/aromatic N) is 1. The first-order chi connectivity index (χ1) is 17.1. The first kappa shape index (κ1) is 23.8. The molecule has 0 bridgehead atoms. The number of amides is 3. The quantitative estimate of drug-likeness (QED) is 0.457. The molecule has 3 heterocycles. The largest absolute Gasteiger partial charge is 0.347 e. The molecule has 6 nitrogen and oxygen atoms in total. The van der Waals surface area contributed by atoms with E-state index < -0.39 is 11.8 Å². The molecule has 0 atom stereocenters. The standard InChI is InChI=1S/C27H29N3O3S2/c31-24(28-18-27(12-2-1-3-13-27)23-9-6-16-35-23)25(32)29-20-10-11-21-19(17-20)7-4-14-30(21)26(33)22-8-5-15-34-22/h5-6,8-11,15-17H,1-4,7,12-14,18H2,(H,28,31)(H,29,32). The average Bonchev–Trinajstić information content (AvgIpc) is 3.62. The molecule has 3 aromatic rings. The van der Waals surface area contributed by atoms with Crippen molar-refractivity contribution in [3.63, 3.8) is 0 Å². The molecular formula is C27H29N3O3S2. The van der Waals surface area contributed by atoms with Crippen molar-refractivity contribution < 1.29 is 14.4 Å². The third kappa shape index (κ3) is 5.04. The van der Waals surface area contributed by atoms with E-state index in [-0.39, 0.29) is 11.3 Å². The number of rotatable bonds is 5. The summed E-state index contributed by atoms with van der Waals surface area (Å²) in [6.07, 6.45) is 7.23. The third-order valence-corrected chi connectivity index (χ3v) is 9.06. The Labute approximate surface area is 213 Å². The van der Waals surface area contributed by atoms with Gasteiger partial charge in [0.05, 0.1) is 4.88 Å². The summed E-state index contributed by atoms with van der Waals surface area (Å²) in [5.74, 6) is -1.28. The second kappa shape index (κ2) is 10.3. The van der Waals surface area contributed by atoms with E-state index in [0.717, 1.165) is 49.8 Å². The number of fused-ring (bicyclic) bond motifs is 1. The van der Waals surface area contributed by atoms with Gasteiger partial charge in [0.2, 0.25) is 0 Å². The Balaban J connectivity index is 1.24. The fourth-order valence-corrected chi connectivity index (χ4v) is 6.91. The first-order valence-electron chi connectivity index (χ1n) is 12.2. The first-order valence-corrected chi connectivity index (χ1v) is 13.9. The monoisotopic (exact) mass is 507 g/mol. The van der Waals surface area contributed by atoms with Gasteiger partial charge in [-0.3, -0.25) is 14.4 Å². The molecule has 2 aliphatic rings. The highest BCUT2D eigenvalue weighted by molar-refractivity contribution is 7.12. The maximum atomic E-state index is 12.9. The smallest absolute Gasteiger partial charge is 0.313 e. The maximum absolute atomic E-state index is 12.9. The Morgan fingerprint density at radius 1 is 0.914 bits per heavy atom. The van der Waals surface area contributed by atoms with Gasteiger partial charge >= 0.3 is 11.8 Å². The van der Waals surface area contributed by atoms with Gasteiger partial charge in [-0.2, -0.15) is 0 Å². The Morgan fingerprint density at radius 2 is 1.71 bits per heavy atom. The lowest BCUT2D eigenvalue weighted by Crippen LogP contribution is -2.45. The minimum absolute atomic E-state index is 0.000467. The Bertz CT molecular complexity index is 1200. The van der Waals surface area contributed by atoms with Crippen LogP contribution in [0, 0.1) is 0 Å². The fraction of sp³-hybridized carbons (Fsp3) is 0.370. The van der Waals surface area contributed by atoms with Crippen molar-refractivity contribution in [1.29, 1.82) is 0 Å². The van der Waals surface area contributed by atoms with Crippen LogP contribution < -0.4 is 15.5 Å². The molecule has 0 spiro atoms. The number of aryl methyl sites for hydroxylation is 1. The number of anilines is 2. The Morgan fingerprint density at radius 3 is 2.46 bits per heavy atom. The van der Waals surface area contributed by atoms with E-state index >= 15 is 0 Å². The summed E-state index contributed by atoms with van der Waals surface area (Å²) in [5.41, 5.74) is 2.36. The van der Waals surface area contributed by atoms with Crippen molar-refractivity contribution in [2.75, 3.05) is 23.3 Å². The van der Waals surface area contributed by atoms with E-state index in [1.807, 2.05) is 29.6 Å². The van der Waals surface area contributed by atoms with Crippen LogP contribution in [0.25, 0.3) is 0 Å². The van der Waals surface area contributed by atoms with Gasteiger partial charge in [0, 0.05) is 34.8 Å². The van der Waals surface area contributed by atoms with E-state index in [9.17, 15) is 14.4 Å². The van der Waals surface area contributed by atoms with Crippen molar-refractivity contribution >= 4 is 51.8 Å². The summed E-state index contributed by atoms with van der Waals surface area (Å²) in [4.78, 5) is 42.1. The second-order valence-electron chi connectivity index (χ2n) is 9.34. The summed E-state index contributed by atoms with van der Waals surface area (Å²) < 4.78 is 0. The second-order valence-corrected chi connectivity index (χ2v) is 11.2. The molecule has 1 saturated carbocycles. The molecule has 35 heavy (non-hydrogen) atoms. The SMILES string of the molecule is O=C(NCC1(c2cccs2)CCCCC1)C(=O)Nc1ccc2c(c1)CCCN2C(=O)c1cccs1. The van der Waals surface area contributed by atoms with Crippen LogP contribution in [0.5, 0.6) is 0 Å². The third-order valence-electron chi connectivity index (χ3n) is 7.08. The van der Waals surface area contributed by atoms with Gasteiger partial charge in [-0.05, 0) is 72.3 Å². The topological polar surface area (TPSA) is 78.5 Å². The normalized spacial score (nSPS) is 16.9. The lowest BCUT2D eigenvalue weighted by atomic mass is 9.73. The molecule has 1 aromatic carbocycles. The molecule has 2 N–H and O–H groups in total. The molecule has 2 aromatic heterocycles. The number of carbonyl (C=O) groups is 3. The van der Waals surface area contributed by atoms with Crippen LogP contribution in [0.15, 0.2) is 53.2 Å². The van der Waals surface area contributed by atoms with Crippen LogP contribution >= 0.6 is 22.7 Å². The number of thiophene rings is 2. The van der Waals surface area contributed by atoms with E-state index in [1.54, 1.807) is 22.3 Å². The van der Waals surface area contributed by atoms with Crippen LogP contribution in [0.1, 0.15) is 58.6 Å². The van der Waals surface area contributed by atoms with Crippen LogP contribution in [0.4, 0.5) is 11.4 Å². The zero-order valence-corrected chi connectivity index (χ0v) is 21.2. The zero-order chi connectivity index (χ0) is 24.3. The van der Waals surface area contributed by atoms with Crippen LogP contribution in [-0.4, -0.2) is 30.8 Å². The molecule has 3 amide bonds. The van der Waals surface area contributed by atoms with Gasteiger partial charge in [0.1, 0.15) is 0 Å². The molecule has 1 aliphatic carbocycles. The molecule has 0 radical (unpaired) electrons. The zero-order valence-electron chi connectivity index (χ0n) is 19.5. The van der Waals surface area contributed by atoms with Crippen molar-refractivity contribution in [3.8, 4) is 0 Å². The summed E-state index contributed by atoms with van der Waals surface area (Å²) >= 11 is 3.16. The lowest BCUT2D eigenvalue weighted by Gasteiger charge is -2.36. The summed E-state index contributed by atoms with van der Waals surface area (Å²) in [5, 5.41) is 9.63. The summed E-state index contributed by atoms with van der Waals surface area (Å²) in [7, 11) is 0. The van der Waals surface area contributed by atoms with E-state index in [4.69, 9.17) is 0 Å². The number of benzene rings is 1. The molecule has 0 unspecified atom stereocenters. The highest BCUT2D eigenvalue weighted by Gasteiger charge is 2.35. The van der Waals surface area contributed by atoms with Crippen molar-refractivity contribution in [2.24, 2.45) is 0 Å². The fourth-order valence-electron chi connectivity index (χ4n) is 5.26. The molecular weight excluding hydrogens is 478 g/mol. The lowest BCUT2D eigenvalue weighted by molar-refractivity contribution is -0.136. The maximum Gasteiger partial charge on any atom is 0.313 e. The van der Waals surface area contributed by atoms with E-state index in [1.165, 1.54) is 22.6 Å². The van der Waals surface area contributed by atoms with Gasteiger partial charge in [0.25, 0.3) is 5.91 Å². The molecule has 1 fully saturated rings. The minimum Gasteiger partial charge on any atom is -0.347 e.